The van der Waals surface area contributed by atoms with Gasteiger partial charge in [-0.05, 0) is 48.7 Å². The standard InChI is InChI=1S/C25H30ClN3O4/c1-33-24(31)14-18-4-2-3-5-22(18)29-15-21(23(30)16-29)27-20-10-12-28(13-11-20)25(32)17-6-8-19(26)9-7-17/h2-9,20-21,23,27,30H,10-16H2,1H3/t21?,23-/m1/s1. The van der Waals surface area contributed by atoms with Crippen LogP contribution in [-0.4, -0.2) is 73.4 Å². The highest BCUT2D eigenvalue weighted by Crippen LogP contribution is 2.26. The molecule has 0 bridgehead atoms. The molecule has 1 unspecified atom stereocenters. The van der Waals surface area contributed by atoms with Gasteiger partial charge in [0, 0.05) is 48.5 Å². The zero-order chi connectivity index (χ0) is 23.4. The SMILES string of the molecule is COC(=O)Cc1ccccc1N1CC(NC2CCN(C(=O)c3ccc(Cl)cc3)CC2)[C@H](O)C1. The normalized spacial score (nSPS) is 21.3. The van der Waals surface area contributed by atoms with Crippen LogP contribution in [0.4, 0.5) is 5.69 Å². The number of nitrogens with zero attached hydrogens (tertiary/aromatic N) is 2. The van der Waals surface area contributed by atoms with Gasteiger partial charge < -0.3 is 25.0 Å². The van der Waals surface area contributed by atoms with Crippen LogP contribution in [0, 0.1) is 0 Å². The Balaban J connectivity index is 1.32. The van der Waals surface area contributed by atoms with Gasteiger partial charge in [-0.15, -0.1) is 0 Å². The van der Waals surface area contributed by atoms with Gasteiger partial charge in [-0.2, -0.15) is 0 Å². The van der Waals surface area contributed by atoms with Crippen molar-refractivity contribution < 1.29 is 19.4 Å². The molecule has 33 heavy (non-hydrogen) atoms. The van der Waals surface area contributed by atoms with Crippen LogP contribution < -0.4 is 10.2 Å². The van der Waals surface area contributed by atoms with Crippen molar-refractivity contribution in [2.45, 2.75) is 37.5 Å². The maximum atomic E-state index is 12.7. The monoisotopic (exact) mass is 471 g/mol. The van der Waals surface area contributed by atoms with E-state index in [-0.39, 0.29) is 30.4 Å². The fraction of sp³-hybridized carbons (Fsp3) is 0.440. The number of β-amino-alcohol motifs (C(OH)–C–C–N with tert-alkyl or cyclic N) is 1. The second kappa shape index (κ2) is 10.5. The van der Waals surface area contributed by atoms with Crippen LogP contribution >= 0.6 is 11.6 Å². The number of hydrogen-bond donors (Lipinski definition) is 2. The minimum atomic E-state index is -0.509. The van der Waals surface area contributed by atoms with Crippen LogP contribution in [0.25, 0.3) is 0 Å². The fourth-order valence-electron chi connectivity index (χ4n) is 4.67. The molecule has 2 fully saturated rings. The van der Waals surface area contributed by atoms with Gasteiger partial charge >= 0.3 is 5.97 Å². The zero-order valence-electron chi connectivity index (χ0n) is 18.7. The van der Waals surface area contributed by atoms with Gasteiger partial charge in [0.2, 0.25) is 0 Å². The molecule has 0 aromatic heterocycles. The van der Waals surface area contributed by atoms with E-state index in [0.29, 0.717) is 36.8 Å². The van der Waals surface area contributed by atoms with Crippen molar-refractivity contribution in [3.05, 3.63) is 64.7 Å². The van der Waals surface area contributed by atoms with E-state index in [9.17, 15) is 14.7 Å². The lowest BCUT2D eigenvalue weighted by Crippen LogP contribution is -2.50. The number of rotatable bonds is 6. The van der Waals surface area contributed by atoms with Gasteiger partial charge in [-0.25, -0.2) is 0 Å². The number of ether oxygens (including phenoxy) is 1. The highest BCUT2D eigenvalue weighted by Gasteiger charge is 2.35. The molecule has 7 nitrogen and oxygen atoms in total. The first-order valence-electron chi connectivity index (χ1n) is 11.3. The first kappa shape index (κ1) is 23.5. The Morgan fingerprint density at radius 1 is 1.09 bits per heavy atom. The predicted molar refractivity (Wildman–Crippen MR) is 128 cm³/mol. The number of carbonyl (C=O) groups excluding carboxylic acids is 2. The maximum absolute atomic E-state index is 12.7. The Kier molecular flexibility index (Phi) is 7.53. The van der Waals surface area contributed by atoms with Crippen molar-refractivity contribution in [1.29, 1.82) is 0 Å². The predicted octanol–water partition coefficient (Wildman–Crippen LogP) is 2.50. The summed E-state index contributed by atoms with van der Waals surface area (Å²) < 4.78 is 4.82. The third kappa shape index (κ3) is 5.66. The van der Waals surface area contributed by atoms with E-state index in [4.69, 9.17) is 16.3 Å². The number of anilines is 1. The number of amides is 1. The Morgan fingerprint density at radius 2 is 1.79 bits per heavy atom. The molecular formula is C25H30ClN3O4. The Bertz CT molecular complexity index is 976. The molecule has 4 rings (SSSR count). The fourth-order valence-corrected chi connectivity index (χ4v) is 4.80. The van der Waals surface area contributed by atoms with Crippen LogP contribution in [0.2, 0.25) is 5.02 Å². The van der Waals surface area contributed by atoms with Crippen molar-refractivity contribution in [2.24, 2.45) is 0 Å². The van der Waals surface area contributed by atoms with Crippen molar-refractivity contribution in [2.75, 3.05) is 38.2 Å². The highest BCUT2D eigenvalue weighted by atomic mass is 35.5. The molecule has 2 N–H and O–H groups in total. The van der Waals surface area contributed by atoms with Gasteiger partial charge in [0.15, 0.2) is 0 Å². The smallest absolute Gasteiger partial charge is 0.310 e. The number of aliphatic hydroxyl groups is 1. The summed E-state index contributed by atoms with van der Waals surface area (Å²) in [4.78, 5) is 28.5. The van der Waals surface area contributed by atoms with E-state index in [1.54, 1.807) is 24.3 Å². The van der Waals surface area contributed by atoms with Crippen molar-refractivity contribution in [3.8, 4) is 0 Å². The first-order valence-corrected chi connectivity index (χ1v) is 11.7. The maximum Gasteiger partial charge on any atom is 0.310 e. The second-order valence-electron chi connectivity index (χ2n) is 8.70. The lowest BCUT2D eigenvalue weighted by Gasteiger charge is -2.34. The lowest BCUT2D eigenvalue weighted by molar-refractivity contribution is -0.139. The summed E-state index contributed by atoms with van der Waals surface area (Å²) in [7, 11) is 1.39. The van der Waals surface area contributed by atoms with E-state index in [1.165, 1.54) is 7.11 Å². The van der Waals surface area contributed by atoms with Crippen LogP contribution in [0.3, 0.4) is 0 Å². The number of benzene rings is 2. The zero-order valence-corrected chi connectivity index (χ0v) is 19.5. The number of para-hydroxylation sites is 1. The molecule has 2 saturated heterocycles. The van der Waals surface area contributed by atoms with E-state index in [2.05, 4.69) is 10.2 Å². The Hall–Kier alpha value is -2.61. The molecule has 2 aliphatic heterocycles. The van der Waals surface area contributed by atoms with E-state index in [1.807, 2.05) is 29.2 Å². The summed E-state index contributed by atoms with van der Waals surface area (Å²) in [5.41, 5.74) is 2.50. The number of methoxy groups -OCH3 is 1. The number of carbonyl (C=O) groups is 2. The largest absolute Gasteiger partial charge is 0.469 e. The minimum absolute atomic E-state index is 0.0272. The topological polar surface area (TPSA) is 82.1 Å². The summed E-state index contributed by atoms with van der Waals surface area (Å²) in [6.45, 7) is 2.51. The summed E-state index contributed by atoms with van der Waals surface area (Å²) in [5.74, 6) is -0.254. The number of esters is 1. The molecule has 2 aromatic carbocycles. The number of likely N-dealkylation sites (tertiary alicyclic amines) is 1. The van der Waals surface area contributed by atoms with Gasteiger partial charge in [-0.1, -0.05) is 29.8 Å². The lowest BCUT2D eigenvalue weighted by atomic mass is 10.0. The second-order valence-corrected chi connectivity index (χ2v) is 9.14. The first-order chi connectivity index (χ1) is 15.9. The van der Waals surface area contributed by atoms with Gasteiger partial charge in [-0.3, -0.25) is 9.59 Å². The molecule has 1 amide bonds. The third-order valence-electron chi connectivity index (χ3n) is 6.51. The van der Waals surface area contributed by atoms with Gasteiger partial charge in [0.05, 0.1) is 25.7 Å². The molecular weight excluding hydrogens is 442 g/mol. The quantitative estimate of drug-likeness (QED) is 0.630. The van der Waals surface area contributed by atoms with Crippen LogP contribution in [0.15, 0.2) is 48.5 Å². The Labute approximate surface area is 199 Å². The number of aliphatic hydroxyl groups excluding tert-OH is 1. The van der Waals surface area contributed by atoms with Gasteiger partial charge in [0.1, 0.15) is 0 Å². The van der Waals surface area contributed by atoms with E-state index in [0.717, 1.165) is 24.1 Å². The van der Waals surface area contributed by atoms with Crippen molar-refractivity contribution >= 4 is 29.2 Å². The number of hydrogen-bond acceptors (Lipinski definition) is 6. The Morgan fingerprint density at radius 3 is 2.48 bits per heavy atom. The molecule has 2 atom stereocenters. The summed E-state index contributed by atoms with van der Waals surface area (Å²) >= 11 is 5.92. The third-order valence-corrected chi connectivity index (χ3v) is 6.76. The van der Waals surface area contributed by atoms with Crippen LogP contribution in [0.1, 0.15) is 28.8 Å². The van der Waals surface area contributed by atoms with Crippen LogP contribution in [0.5, 0.6) is 0 Å². The number of nitrogens with one attached hydrogen (secondary N) is 1. The summed E-state index contributed by atoms with van der Waals surface area (Å²) in [6, 6.07) is 14.9. The molecule has 2 heterocycles. The van der Waals surface area contributed by atoms with Crippen molar-refractivity contribution in [3.63, 3.8) is 0 Å². The molecule has 0 saturated carbocycles. The summed E-state index contributed by atoms with van der Waals surface area (Å²) in [5, 5.41) is 14.9. The molecule has 0 aliphatic carbocycles. The van der Waals surface area contributed by atoms with Gasteiger partial charge in [0.25, 0.3) is 5.91 Å². The molecule has 2 aliphatic rings. The molecule has 0 radical (unpaired) electrons. The minimum Gasteiger partial charge on any atom is -0.469 e. The highest BCUT2D eigenvalue weighted by molar-refractivity contribution is 6.30. The average molecular weight is 472 g/mol. The summed E-state index contributed by atoms with van der Waals surface area (Å²) in [6.07, 6.45) is 1.37. The number of halogens is 1. The van der Waals surface area contributed by atoms with Crippen LogP contribution in [-0.2, 0) is 16.0 Å². The number of piperidine rings is 1. The molecule has 2 aromatic rings. The molecule has 0 spiro atoms. The van der Waals surface area contributed by atoms with E-state index < -0.39 is 6.10 Å². The van der Waals surface area contributed by atoms with Crippen molar-refractivity contribution in [1.82, 2.24) is 10.2 Å². The molecule has 8 heteroatoms. The van der Waals surface area contributed by atoms with E-state index >= 15 is 0 Å². The average Bonchev–Trinajstić information content (AvgIpc) is 3.19. The molecule has 176 valence electrons.